The summed E-state index contributed by atoms with van der Waals surface area (Å²) in [5.41, 5.74) is 8.47. The number of hydrogen-bond acceptors (Lipinski definition) is 4. The van der Waals surface area contributed by atoms with Crippen molar-refractivity contribution in [3.8, 4) is 0 Å². The lowest BCUT2D eigenvalue weighted by molar-refractivity contribution is 0.534. The second-order valence-electron chi connectivity index (χ2n) is 5.41. The van der Waals surface area contributed by atoms with Crippen molar-refractivity contribution >= 4 is 20.9 Å². The molecule has 0 saturated carbocycles. The van der Waals surface area contributed by atoms with E-state index >= 15 is 0 Å². The zero-order valence-electron chi connectivity index (χ0n) is 11.5. The highest BCUT2D eigenvalue weighted by Gasteiger charge is 2.33. The van der Waals surface area contributed by atoms with Gasteiger partial charge in [0.25, 0.3) is 0 Å². The van der Waals surface area contributed by atoms with Gasteiger partial charge in [0.1, 0.15) is 11.1 Å². The summed E-state index contributed by atoms with van der Waals surface area (Å²) in [5.74, 6) is 0.934. The Morgan fingerprint density at radius 3 is 2.90 bits per heavy atom. The van der Waals surface area contributed by atoms with Gasteiger partial charge in [-0.05, 0) is 30.5 Å². The molecule has 0 spiro atoms. The smallest absolute Gasteiger partial charge is 0.160 e. The molecule has 5 nitrogen and oxygen atoms in total. The van der Waals surface area contributed by atoms with Crippen molar-refractivity contribution in [2.45, 2.75) is 31.1 Å². The van der Waals surface area contributed by atoms with E-state index in [2.05, 4.69) is 4.98 Å². The Labute approximate surface area is 118 Å². The first-order valence-corrected chi connectivity index (χ1v) is 8.61. The van der Waals surface area contributed by atoms with Crippen molar-refractivity contribution in [2.24, 2.45) is 12.8 Å². The van der Waals surface area contributed by atoms with Gasteiger partial charge in [0.2, 0.25) is 0 Å². The molecule has 1 aromatic heterocycles. The molecule has 0 bridgehead atoms. The van der Waals surface area contributed by atoms with Crippen LogP contribution in [-0.4, -0.2) is 23.7 Å². The first-order chi connectivity index (χ1) is 9.53. The summed E-state index contributed by atoms with van der Waals surface area (Å²) in [5, 5.41) is -0.463. The molecule has 1 saturated heterocycles. The van der Waals surface area contributed by atoms with Crippen LogP contribution < -0.4 is 5.73 Å². The third-order valence-electron chi connectivity index (χ3n) is 4.08. The normalized spacial score (nSPS) is 22.2. The van der Waals surface area contributed by atoms with Crippen LogP contribution in [0.4, 0.5) is 0 Å². The van der Waals surface area contributed by atoms with Crippen LogP contribution in [0.25, 0.3) is 11.0 Å². The molecule has 2 heterocycles. The van der Waals surface area contributed by atoms with E-state index in [-0.39, 0.29) is 5.75 Å². The molecule has 1 aliphatic rings. The molecule has 0 amide bonds. The Kier molecular flexibility index (Phi) is 3.30. The number of sulfone groups is 1. The number of fused-ring (bicyclic) bond motifs is 1. The molecule has 0 aliphatic carbocycles. The fourth-order valence-corrected chi connectivity index (χ4v) is 4.86. The van der Waals surface area contributed by atoms with Gasteiger partial charge < -0.3 is 10.3 Å². The Morgan fingerprint density at radius 1 is 1.40 bits per heavy atom. The molecule has 1 unspecified atom stereocenters. The third-order valence-corrected chi connectivity index (χ3v) is 6.25. The minimum atomic E-state index is -3.07. The van der Waals surface area contributed by atoms with E-state index in [0.29, 0.717) is 18.8 Å². The summed E-state index contributed by atoms with van der Waals surface area (Å²) in [6.45, 7) is 0.470. The van der Waals surface area contributed by atoms with Gasteiger partial charge in [-0.15, -0.1) is 0 Å². The zero-order chi connectivity index (χ0) is 14.3. The highest BCUT2D eigenvalue weighted by atomic mass is 32.2. The Morgan fingerprint density at radius 2 is 2.20 bits per heavy atom. The van der Waals surface area contributed by atoms with E-state index < -0.39 is 15.1 Å². The average molecular weight is 293 g/mol. The fraction of sp³-hybridized carbons (Fsp3) is 0.500. The van der Waals surface area contributed by atoms with Crippen molar-refractivity contribution < 1.29 is 8.42 Å². The summed E-state index contributed by atoms with van der Waals surface area (Å²) in [6.07, 6.45) is 2.38. The van der Waals surface area contributed by atoms with Gasteiger partial charge in [-0.3, -0.25) is 0 Å². The van der Waals surface area contributed by atoms with Gasteiger partial charge in [0.15, 0.2) is 9.84 Å². The third kappa shape index (κ3) is 2.13. The first-order valence-electron chi connectivity index (χ1n) is 6.90. The largest absolute Gasteiger partial charge is 0.330 e. The van der Waals surface area contributed by atoms with Gasteiger partial charge in [-0.1, -0.05) is 12.5 Å². The minimum absolute atomic E-state index is 0.273. The van der Waals surface area contributed by atoms with Gasteiger partial charge in [0.05, 0.1) is 16.8 Å². The van der Waals surface area contributed by atoms with Gasteiger partial charge in [-0.25, -0.2) is 13.4 Å². The predicted octanol–water partition coefficient (Wildman–Crippen LogP) is 1.67. The van der Waals surface area contributed by atoms with Crippen LogP contribution in [0, 0.1) is 0 Å². The van der Waals surface area contributed by atoms with Crippen molar-refractivity contribution in [3.05, 3.63) is 29.6 Å². The maximum Gasteiger partial charge on any atom is 0.160 e. The second-order valence-corrected chi connectivity index (χ2v) is 7.71. The number of aryl methyl sites for hydroxylation is 1. The van der Waals surface area contributed by atoms with Crippen molar-refractivity contribution in [1.82, 2.24) is 9.55 Å². The summed E-state index contributed by atoms with van der Waals surface area (Å²) >= 11 is 0. The molecule has 1 aliphatic heterocycles. The van der Waals surface area contributed by atoms with E-state index in [1.165, 1.54) is 0 Å². The molecule has 2 N–H and O–H groups in total. The molecular formula is C14H19N3O2S. The van der Waals surface area contributed by atoms with Crippen LogP contribution in [0.15, 0.2) is 18.2 Å². The number of imidazole rings is 1. The predicted molar refractivity (Wildman–Crippen MR) is 79.0 cm³/mol. The highest BCUT2D eigenvalue weighted by molar-refractivity contribution is 7.91. The number of aromatic nitrogens is 2. The number of rotatable bonds is 2. The quantitative estimate of drug-likeness (QED) is 0.913. The minimum Gasteiger partial charge on any atom is -0.330 e. The standard InChI is InChI=1S/C14H19N3O2S/c1-17-12-8-10(9-15)5-6-11(12)16-14(17)13-4-2-3-7-20(13,18)19/h5-6,8,13H,2-4,7,9,15H2,1H3. The van der Waals surface area contributed by atoms with E-state index in [1.807, 2.05) is 29.8 Å². The van der Waals surface area contributed by atoms with Crippen molar-refractivity contribution in [1.29, 1.82) is 0 Å². The van der Waals surface area contributed by atoms with Crippen LogP contribution in [0.5, 0.6) is 0 Å². The second kappa shape index (κ2) is 4.86. The number of benzene rings is 1. The fourth-order valence-electron chi connectivity index (χ4n) is 2.91. The van der Waals surface area contributed by atoms with E-state index in [9.17, 15) is 8.42 Å². The number of nitrogens with two attached hydrogens (primary N) is 1. The average Bonchev–Trinajstić information content (AvgIpc) is 2.75. The van der Waals surface area contributed by atoms with Crippen molar-refractivity contribution in [3.63, 3.8) is 0 Å². The van der Waals surface area contributed by atoms with Crippen LogP contribution in [-0.2, 0) is 23.4 Å². The summed E-state index contributed by atoms with van der Waals surface area (Å²) in [6, 6.07) is 5.84. The molecule has 2 aromatic rings. The lowest BCUT2D eigenvalue weighted by Crippen LogP contribution is -2.24. The van der Waals surface area contributed by atoms with Crippen LogP contribution in [0.1, 0.15) is 35.9 Å². The number of nitrogens with zero attached hydrogens (tertiary/aromatic N) is 2. The lowest BCUT2D eigenvalue weighted by Gasteiger charge is -2.21. The van der Waals surface area contributed by atoms with Gasteiger partial charge >= 0.3 is 0 Å². The van der Waals surface area contributed by atoms with Gasteiger partial charge in [-0.2, -0.15) is 0 Å². The van der Waals surface area contributed by atoms with Crippen LogP contribution in [0.2, 0.25) is 0 Å². The molecule has 0 radical (unpaired) electrons. The van der Waals surface area contributed by atoms with E-state index in [4.69, 9.17) is 5.73 Å². The summed E-state index contributed by atoms with van der Waals surface area (Å²) < 4.78 is 26.4. The van der Waals surface area contributed by atoms with Crippen molar-refractivity contribution in [2.75, 3.05) is 5.75 Å². The monoisotopic (exact) mass is 293 g/mol. The molecule has 3 rings (SSSR count). The lowest BCUT2D eigenvalue weighted by atomic mass is 10.2. The van der Waals surface area contributed by atoms with E-state index in [0.717, 1.165) is 29.4 Å². The maximum atomic E-state index is 12.3. The highest BCUT2D eigenvalue weighted by Crippen LogP contribution is 2.34. The Bertz CT molecular complexity index is 749. The summed E-state index contributed by atoms with van der Waals surface area (Å²) in [7, 11) is -1.19. The number of hydrogen-bond donors (Lipinski definition) is 1. The molecule has 1 aromatic carbocycles. The molecule has 1 fully saturated rings. The molecular weight excluding hydrogens is 274 g/mol. The molecule has 6 heteroatoms. The van der Waals surface area contributed by atoms with E-state index in [1.54, 1.807) is 0 Å². The molecule has 20 heavy (non-hydrogen) atoms. The Hall–Kier alpha value is -1.40. The van der Waals surface area contributed by atoms with Gasteiger partial charge in [0, 0.05) is 13.6 Å². The maximum absolute atomic E-state index is 12.3. The topological polar surface area (TPSA) is 78.0 Å². The molecule has 108 valence electrons. The first kappa shape index (κ1) is 13.6. The zero-order valence-corrected chi connectivity index (χ0v) is 12.4. The SMILES string of the molecule is Cn1c(C2CCCCS2(=O)=O)nc2ccc(CN)cc21. The summed E-state index contributed by atoms with van der Waals surface area (Å²) in [4.78, 5) is 4.55. The van der Waals surface area contributed by atoms with Crippen LogP contribution >= 0.6 is 0 Å². The Balaban J connectivity index is 2.14. The molecule has 1 atom stereocenters. The van der Waals surface area contributed by atoms with Crippen LogP contribution in [0.3, 0.4) is 0 Å².